The molecule has 6 aliphatic rings. The molecule has 2 heterocycles. The van der Waals surface area contributed by atoms with Crippen LogP contribution in [0.1, 0.15) is 37.8 Å². The standard InChI is InChI=1S/C35H30N2O8/c1-16(38)44-26-12-18(3-9-24(26)36-32(40)28-20-5-6-21(14-20)29(28)33(36)41)11-19-4-10-25(27(13-19)45-17(2)39)37-34(42)30-22-7-8-23(15-22)31(30)35(37)43/h3-10,12-13,20-23,28-31H,11,14-15H2,1-2H3/t20-,21-,22-,23-,28-,29-,30-,31+/m0/s1. The summed E-state index contributed by atoms with van der Waals surface area (Å²) in [7, 11) is 0. The Labute approximate surface area is 258 Å². The van der Waals surface area contributed by atoms with Crippen LogP contribution in [0.2, 0.25) is 0 Å². The monoisotopic (exact) mass is 606 g/mol. The van der Waals surface area contributed by atoms with E-state index in [1.165, 1.54) is 13.8 Å². The molecule has 2 aliphatic heterocycles. The molecule has 0 unspecified atom stereocenters. The van der Waals surface area contributed by atoms with E-state index in [0.717, 1.165) is 22.6 Å². The lowest BCUT2D eigenvalue weighted by Gasteiger charge is -2.21. The molecule has 2 aromatic rings. The summed E-state index contributed by atoms with van der Waals surface area (Å²) in [6, 6.07) is 9.97. The van der Waals surface area contributed by atoms with E-state index in [9.17, 15) is 28.8 Å². The average Bonchev–Trinajstić information content (AvgIpc) is 3.83. The Morgan fingerprint density at radius 1 is 0.600 bits per heavy atom. The fraction of sp³-hybridized carbons (Fsp3) is 0.371. The van der Waals surface area contributed by atoms with Gasteiger partial charge in [0.1, 0.15) is 0 Å². The maximum absolute atomic E-state index is 13.5. The number of carbonyl (C=O) groups excluding carboxylic acids is 6. The maximum atomic E-state index is 13.5. The zero-order valence-electron chi connectivity index (χ0n) is 24.7. The van der Waals surface area contributed by atoms with E-state index in [2.05, 4.69) is 0 Å². The third kappa shape index (κ3) is 4.07. The van der Waals surface area contributed by atoms with Gasteiger partial charge in [-0.1, -0.05) is 36.4 Å². The van der Waals surface area contributed by atoms with Crippen LogP contribution in [0, 0.1) is 47.3 Å². The minimum Gasteiger partial charge on any atom is -0.424 e. The highest BCUT2D eigenvalue weighted by atomic mass is 16.5. The van der Waals surface area contributed by atoms with Crippen LogP contribution in [-0.4, -0.2) is 35.6 Å². The van der Waals surface area contributed by atoms with Crippen molar-refractivity contribution in [3.63, 3.8) is 0 Å². The van der Waals surface area contributed by atoms with E-state index in [-0.39, 0.29) is 70.2 Å². The lowest BCUT2D eigenvalue weighted by atomic mass is 9.85. The number of amides is 4. The van der Waals surface area contributed by atoms with Crippen molar-refractivity contribution in [3.8, 4) is 11.5 Å². The predicted octanol–water partition coefficient (Wildman–Crippen LogP) is 3.75. The lowest BCUT2D eigenvalue weighted by molar-refractivity contribution is -0.132. The Hall–Kier alpha value is -4.86. The minimum atomic E-state index is -0.593. The van der Waals surface area contributed by atoms with Gasteiger partial charge in [-0.15, -0.1) is 0 Å². The fourth-order valence-corrected chi connectivity index (χ4v) is 8.69. The molecule has 10 heteroatoms. The second-order valence-corrected chi connectivity index (χ2v) is 13.0. The van der Waals surface area contributed by atoms with E-state index in [1.54, 1.807) is 36.4 Å². The highest BCUT2D eigenvalue weighted by Crippen LogP contribution is 2.55. The van der Waals surface area contributed by atoms with Crippen LogP contribution >= 0.6 is 0 Å². The molecule has 4 aliphatic carbocycles. The minimum absolute atomic E-state index is 0.0461. The van der Waals surface area contributed by atoms with Gasteiger partial charge in [0.25, 0.3) is 0 Å². The molecule has 4 amide bonds. The Bertz CT molecular complexity index is 1620. The van der Waals surface area contributed by atoms with Crippen molar-refractivity contribution in [1.82, 2.24) is 0 Å². The number of hydrogen-bond donors (Lipinski definition) is 0. The molecule has 2 saturated carbocycles. The third-order valence-electron chi connectivity index (χ3n) is 10.4. The van der Waals surface area contributed by atoms with Gasteiger partial charge in [0, 0.05) is 13.8 Å². The maximum Gasteiger partial charge on any atom is 0.308 e. The second-order valence-electron chi connectivity index (χ2n) is 13.0. The lowest BCUT2D eigenvalue weighted by Crippen LogP contribution is -2.33. The summed E-state index contributed by atoms with van der Waals surface area (Å²) >= 11 is 0. The van der Waals surface area contributed by atoms with Crippen LogP contribution in [0.25, 0.3) is 0 Å². The zero-order chi connectivity index (χ0) is 31.3. The SMILES string of the molecule is CC(=O)Oc1cc(Cc2ccc(N3C(=O)[C@@H]4[C@H](C3=O)[C@H]3C=C[C@H]4C3)c(OC(C)=O)c2)ccc1N1C(=O)[C@@H]2[C@@H](C1=O)[C@H]1C=C[C@H]2C1. The van der Waals surface area contributed by atoms with Crippen molar-refractivity contribution >= 4 is 46.9 Å². The predicted molar refractivity (Wildman–Crippen MR) is 159 cm³/mol. The third-order valence-corrected chi connectivity index (χ3v) is 10.4. The molecule has 10 nitrogen and oxygen atoms in total. The second kappa shape index (κ2) is 9.82. The molecule has 4 fully saturated rings. The number of hydrogen-bond acceptors (Lipinski definition) is 8. The van der Waals surface area contributed by atoms with Crippen LogP contribution in [-0.2, 0) is 35.2 Å². The van der Waals surface area contributed by atoms with E-state index >= 15 is 0 Å². The van der Waals surface area contributed by atoms with E-state index in [0.29, 0.717) is 17.5 Å². The Balaban J connectivity index is 1.09. The highest BCUT2D eigenvalue weighted by Gasteiger charge is 2.61. The smallest absolute Gasteiger partial charge is 0.308 e. The number of benzene rings is 2. The summed E-state index contributed by atoms with van der Waals surface area (Å²) in [4.78, 5) is 80.3. The molecule has 2 aromatic carbocycles. The molecule has 0 aromatic heterocycles. The number of carbonyl (C=O) groups is 6. The molecular weight excluding hydrogens is 576 g/mol. The van der Waals surface area contributed by atoms with Gasteiger partial charge in [0.15, 0.2) is 11.5 Å². The summed E-state index contributed by atoms with van der Waals surface area (Å²) in [6.07, 6.45) is 10.0. The van der Waals surface area contributed by atoms with Crippen molar-refractivity contribution in [3.05, 3.63) is 71.8 Å². The topological polar surface area (TPSA) is 127 Å². The van der Waals surface area contributed by atoms with Crippen molar-refractivity contribution in [2.24, 2.45) is 47.3 Å². The number of nitrogens with zero attached hydrogens (tertiary/aromatic N) is 2. The van der Waals surface area contributed by atoms with Crippen LogP contribution in [0.5, 0.6) is 11.5 Å². The number of allylic oxidation sites excluding steroid dienone is 4. The van der Waals surface area contributed by atoms with Crippen molar-refractivity contribution < 1.29 is 38.2 Å². The first-order valence-corrected chi connectivity index (χ1v) is 15.4. The van der Waals surface area contributed by atoms with Gasteiger partial charge in [-0.25, -0.2) is 9.80 Å². The normalized spacial score (nSPS) is 31.8. The summed E-state index contributed by atoms with van der Waals surface area (Å²) in [5.41, 5.74) is 1.86. The molecular formula is C35H30N2O8. The number of anilines is 2. The number of esters is 2. The average molecular weight is 607 g/mol. The molecule has 4 bridgehead atoms. The van der Waals surface area contributed by atoms with Crippen LogP contribution in [0.4, 0.5) is 11.4 Å². The van der Waals surface area contributed by atoms with Gasteiger partial charge >= 0.3 is 11.9 Å². The number of fused-ring (bicyclic) bond motifs is 10. The first-order chi connectivity index (χ1) is 21.6. The quantitative estimate of drug-likeness (QED) is 0.211. The Morgan fingerprint density at radius 3 is 1.24 bits per heavy atom. The summed E-state index contributed by atoms with van der Waals surface area (Å²) in [6.45, 7) is 2.51. The summed E-state index contributed by atoms with van der Waals surface area (Å²) in [5, 5.41) is 0. The van der Waals surface area contributed by atoms with E-state index < -0.39 is 35.6 Å². The molecule has 0 spiro atoms. The van der Waals surface area contributed by atoms with E-state index in [4.69, 9.17) is 9.47 Å². The number of rotatable bonds is 6. The largest absolute Gasteiger partial charge is 0.424 e. The highest BCUT2D eigenvalue weighted by molar-refractivity contribution is 6.24. The first-order valence-electron chi connectivity index (χ1n) is 15.4. The molecule has 2 saturated heterocycles. The van der Waals surface area contributed by atoms with Crippen LogP contribution in [0.3, 0.4) is 0 Å². The molecule has 228 valence electrons. The van der Waals surface area contributed by atoms with Gasteiger partial charge in [-0.2, -0.15) is 0 Å². The summed E-state index contributed by atoms with van der Waals surface area (Å²) in [5.74, 6) is -3.47. The van der Waals surface area contributed by atoms with Crippen molar-refractivity contribution in [2.75, 3.05) is 9.80 Å². The number of ether oxygens (including phenoxy) is 2. The number of imide groups is 2. The van der Waals surface area contributed by atoms with E-state index in [1.807, 2.05) is 24.3 Å². The van der Waals surface area contributed by atoms with Crippen molar-refractivity contribution in [2.45, 2.75) is 33.1 Å². The zero-order valence-corrected chi connectivity index (χ0v) is 24.7. The molecule has 0 N–H and O–H groups in total. The van der Waals surface area contributed by atoms with Crippen LogP contribution in [0.15, 0.2) is 60.7 Å². The van der Waals surface area contributed by atoms with Crippen molar-refractivity contribution in [1.29, 1.82) is 0 Å². The molecule has 0 radical (unpaired) electrons. The Kier molecular flexibility index (Phi) is 6.04. The van der Waals surface area contributed by atoms with Gasteiger partial charge in [0.05, 0.1) is 35.0 Å². The first kappa shape index (κ1) is 27.7. The molecule has 8 atom stereocenters. The van der Waals surface area contributed by atoms with Gasteiger partial charge in [0.2, 0.25) is 23.6 Å². The van der Waals surface area contributed by atoms with Gasteiger partial charge < -0.3 is 9.47 Å². The Morgan fingerprint density at radius 2 is 0.933 bits per heavy atom. The fourth-order valence-electron chi connectivity index (χ4n) is 8.69. The van der Waals surface area contributed by atoms with Crippen LogP contribution < -0.4 is 19.3 Å². The molecule has 45 heavy (non-hydrogen) atoms. The van der Waals surface area contributed by atoms with Gasteiger partial charge in [-0.3, -0.25) is 28.8 Å². The van der Waals surface area contributed by atoms with Gasteiger partial charge in [-0.05, 0) is 78.3 Å². The summed E-state index contributed by atoms with van der Waals surface area (Å²) < 4.78 is 11.0. The molecule has 8 rings (SSSR count).